The molecule has 0 aliphatic carbocycles. The summed E-state index contributed by atoms with van der Waals surface area (Å²) in [7, 11) is 1.60. The first-order valence-corrected chi connectivity index (χ1v) is 8.51. The number of rotatable bonds is 3. The molecular weight excluding hydrogens is 367 g/mol. The third kappa shape index (κ3) is 3.93. The predicted octanol–water partition coefficient (Wildman–Crippen LogP) is 4.89. The standard InChI is InChI=1S/C17H12Cl2N2O2S/c1-23-13-6-4-12(5-7-13)20-17-21-16(22)15(24-17)8-10-2-3-11(18)9-14(10)19/h2-9H,1H3,(H,20,21,22). The Hall–Kier alpha value is -1.95. The number of carbonyl (C=O) groups excluding carboxylic acids is 1. The van der Waals surface area contributed by atoms with Crippen molar-refractivity contribution < 1.29 is 9.53 Å². The lowest BCUT2D eigenvalue weighted by Gasteiger charge is -2.00. The molecule has 1 heterocycles. The Balaban J connectivity index is 1.82. The largest absolute Gasteiger partial charge is 0.497 e. The molecule has 122 valence electrons. The highest BCUT2D eigenvalue weighted by atomic mass is 35.5. The zero-order chi connectivity index (χ0) is 17.1. The van der Waals surface area contributed by atoms with Crippen molar-refractivity contribution >= 4 is 57.8 Å². The number of ether oxygens (including phenoxy) is 1. The number of carbonyl (C=O) groups is 1. The monoisotopic (exact) mass is 378 g/mol. The molecule has 3 rings (SSSR count). The molecule has 2 aromatic rings. The number of aliphatic imine (C=N–C) groups is 1. The third-order valence-electron chi connectivity index (χ3n) is 3.20. The van der Waals surface area contributed by atoms with Crippen molar-refractivity contribution in [3.05, 3.63) is 63.0 Å². The van der Waals surface area contributed by atoms with Gasteiger partial charge in [0.1, 0.15) is 5.75 Å². The summed E-state index contributed by atoms with van der Waals surface area (Å²) >= 11 is 13.3. The van der Waals surface area contributed by atoms with Crippen molar-refractivity contribution in [2.24, 2.45) is 4.99 Å². The first kappa shape index (κ1) is 16.9. The number of hydrogen-bond donors (Lipinski definition) is 1. The minimum atomic E-state index is -0.210. The molecule has 0 saturated carbocycles. The SMILES string of the molecule is COc1ccc(N=C2NC(=O)C(=Cc3ccc(Cl)cc3Cl)S2)cc1. The van der Waals surface area contributed by atoms with Gasteiger partial charge in [-0.1, -0.05) is 29.3 Å². The van der Waals surface area contributed by atoms with E-state index in [0.29, 0.717) is 20.1 Å². The fraction of sp³-hybridized carbons (Fsp3) is 0.0588. The van der Waals surface area contributed by atoms with E-state index in [2.05, 4.69) is 10.3 Å². The lowest BCUT2D eigenvalue weighted by Crippen LogP contribution is -2.19. The molecule has 2 aromatic carbocycles. The normalized spacial score (nSPS) is 17.4. The summed E-state index contributed by atoms with van der Waals surface area (Å²) in [4.78, 5) is 17.0. The van der Waals surface area contributed by atoms with Crippen LogP contribution >= 0.6 is 35.0 Å². The van der Waals surface area contributed by atoms with Crippen molar-refractivity contribution in [1.29, 1.82) is 0 Å². The summed E-state index contributed by atoms with van der Waals surface area (Å²) in [5.74, 6) is 0.540. The van der Waals surface area contributed by atoms with Crippen LogP contribution in [0.1, 0.15) is 5.56 Å². The molecule has 24 heavy (non-hydrogen) atoms. The van der Waals surface area contributed by atoms with Crippen molar-refractivity contribution in [2.45, 2.75) is 0 Å². The maximum Gasteiger partial charge on any atom is 0.264 e. The molecule has 1 fully saturated rings. The fourth-order valence-electron chi connectivity index (χ4n) is 2.01. The van der Waals surface area contributed by atoms with Crippen molar-refractivity contribution in [1.82, 2.24) is 5.32 Å². The van der Waals surface area contributed by atoms with E-state index in [9.17, 15) is 4.79 Å². The van der Waals surface area contributed by atoms with Crippen LogP contribution in [0.25, 0.3) is 6.08 Å². The smallest absolute Gasteiger partial charge is 0.264 e. The van der Waals surface area contributed by atoms with E-state index in [1.807, 2.05) is 24.3 Å². The number of amides is 1. The number of thioether (sulfide) groups is 1. The first-order chi connectivity index (χ1) is 11.5. The molecule has 0 unspecified atom stereocenters. The molecule has 0 radical (unpaired) electrons. The lowest BCUT2D eigenvalue weighted by atomic mass is 10.2. The first-order valence-electron chi connectivity index (χ1n) is 6.94. The van der Waals surface area contributed by atoms with E-state index in [1.54, 1.807) is 31.4 Å². The van der Waals surface area contributed by atoms with Gasteiger partial charge >= 0.3 is 0 Å². The number of nitrogens with one attached hydrogen (secondary N) is 1. The highest BCUT2D eigenvalue weighted by Gasteiger charge is 2.24. The summed E-state index contributed by atoms with van der Waals surface area (Å²) in [6, 6.07) is 12.4. The van der Waals surface area contributed by atoms with E-state index in [1.165, 1.54) is 11.8 Å². The van der Waals surface area contributed by atoms with Gasteiger partial charge in [-0.15, -0.1) is 0 Å². The Morgan fingerprint density at radius 1 is 1.17 bits per heavy atom. The molecule has 0 bridgehead atoms. The quantitative estimate of drug-likeness (QED) is 0.773. The summed E-state index contributed by atoms with van der Waals surface area (Å²) in [5.41, 5.74) is 1.45. The molecule has 0 spiro atoms. The number of hydrogen-bond acceptors (Lipinski definition) is 4. The van der Waals surface area contributed by atoms with Crippen LogP contribution in [0.15, 0.2) is 52.4 Å². The van der Waals surface area contributed by atoms with Gasteiger partial charge in [0.25, 0.3) is 5.91 Å². The van der Waals surface area contributed by atoms with E-state index >= 15 is 0 Å². The van der Waals surface area contributed by atoms with E-state index in [4.69, 9.17) is 27.9 Å². The van der Waals surface area contributed by atoms with Gasteiger partial charge in [-0.3, -0.25) is 4.79 Å². The second-order valence-corrected chi connectivity index (χ2v) is 6.72. The molecule has 4 nitrogen and oxygen atoms in total. The number of methoxy groups -OCH3 is 1. The maximum atomic E-state index is 12.1. The maximum absolute atomic E-state index is 12.1. The molecule has 0 atom stereocenters. The zero-order valence-electron chi connectivity index (χ0n) is 12.5. The molecule has 1 saturated heterocycles. The molecule has 1 aliphatic heterocycles. The van der Waals surface area contributed by atoms with Crippen LogP contribution in [0.4, 0.5) is 5.69 Å². The van der Waals surface area contributed by atoms with E-state index in [0.717, 1.165) is 17.0 Å². The van der Waals surface area contributed by atoms with Crippen LogP contribution < -0.4 is 10.1 Å². The number of amidine groups is 1. The summed E-state index contributed by atoms with van der Waals surface area (Å²) in [6.07, 6.45) is 1.72. The molecule has 1 amide bonds. The molecular formula is C17H12Cl2N2O2S. The highest BCUT2D eigenvalue weighted by Crippen LogP contribution is 2.31. The summed E-state index contributed by atoms with van der Waals surface area (Å²) in [5, 5.41) is 4.29. The Bertz CT molecular complexity index is 848. The molecule has 0 aromatic heterocycles. The van der Waals surface area contributed by atoms with Crippen LogP contribution in [0.2, 0.25) is 10.0 Å². The summed E-state index contributed by atoms with van der Waals surface area (Å²) < 4.78 is 5.10. The Morgan fingerprint density at radius 2 is 1.92 bits per heavy atom. The fourth-order valence-corrected chi connectivity index (χ4v) is 3.31. The van der Waals surface area contributed by atoms with Gasteiger partial charge in [0.05, 0.1) is 17.7 Å². The predicted molar refractivity (Wildman–Crippen MR) is 100 cm³/mol. The van der Waals surface area contributed by atoms with Gasteiger partial charge in [0.15, 0.2) is 5.17 Å². The number of benzene rings is 2. The third-order valence-corrected chi connectivity index (χ3v) is 4.68. The summed E-state index contributed by atoms with van der Waals surface area (Å²) in [6.45, 7) is 0. The van der Waals surface area contributed by atoms with Crippen LogP contribution in [0.3, 0.4) is 0 Å². The van der Waals surface area contributed by atoms with Crippen LogP contribution in [0.5, 0.6) is 5.75 Å². The molecule has 1 N–H and O–H groups in total. The van der Waals surface area contributed by atoms with Gasteiger partial charge in [-0.2, -0.15) is 0 Å². The second-order valence-electron chi connectivity index (χ2n) is 4.85. The highest BCUT2D eigenvalue weighted by molar-refractivity contribution is 8.18. The van der Waals surface area contributed by atoms with Crippen LogP contribution in [-0.2, 0) is 4.79 Å². The molecule has 1 aliphatic rings. The topological polar surface area (TPSA) is 50.7 Å². The van der Waals surface area contributed by atoms with E-state index in [-0.39, 0.29) is 5.91 Å². The minimum Gasteiger partial charge on any atom is -0.497 e. The van der Waals surface area contributed by atoms with E-state index < -0.39 is 0 Å². The van der Waals surface area contributed by atoms with Crippen molar-refractivity contribution in [3.63, 3.8) is 0 Å². The van der Waals surface area contributed by atoms with Crippen LogP contribution in [-0.4, -0.2) is 18.2 Å². The number of halogens is 2. The Morgan fingerprint density at radius 3 is 2.58 bits per heavy atom. The molecule has 7 heteroatoms. The minimum absolute atomic E-state index is 0.210. The van der Waals surface area contributed by atoms with Gasteiger partial charge in [-0.25, -0.2) is 4.99 Å². The van der Waals surface area contributed by atoms with Gasteiger partial charge in [0, 0.05) is 10.0 Å². The lowest BCUT2D eigenvalue weighted by molar-refractivity contribution is -0.115. The Kier molecular flexibility index (Phi) is 5.14. The van der Waals surface area contributed by atoms with Gasteiger partial charge in [-0.05, 0) is 59.8 Å². The van der Waals surface area contributed by atoms with Gasteiger partial charge in [0.2, 0.25) is 0 Å². The van der Waals surface area contributed by atoms with Crippen LogP contribution in [0, 0.1) is 0 Å². The average Bonchev–Trinajstić information content (AvgIpc) is 2.90. The number of nitrogens with zero attached hydrogens (tertiary/aromatic N) is 1. The van der Waals surface area contributed by atoms with Crippen molar-refractivity contribution in [3.8, 4) is 5.75 Å². The second kappa shape index (κ2) is 7.30. The average molecular weight is 379 g/mol. The van der Waals surface area contributed by atoms with Gasteiger partial charge < -0.3 is 10.1 Å². The van der Waals surface area contributed by atoms with Crippen molar-refractivity contribution in [2.75, 3.05) is 7.11 Å². The zero-order valence-corrected chi connectivity index (χ0v) is 14.9. The Labute approximate surface area is 153 Å².